The van der Waals surface area contributed by atoms with Gasteiger partial charge in [-0.15, -0.1) is 0 Å². The van der Waals surface area contributed by atoms with E-state index in [4.69, 9.17) is 0 Å². The van der Waals surface area contributed by atoms with E-state index in [9.17, 15) is 4.79 Å². The highest BCUT2D eigenvalue weighted by Crippen LogP contribution is 2.23. The quantitative estimate of drug-likeness (QED) is 0.593. The SMILES string of the molecule is CC1CC(C(C)C)N(C)CC1=O. The van der Waals surface area contributed by atoms with Crippen LogP contribution in [0.2, 0.25) is 0 Å². The van der Waals surface area contributed by atoms with Gasteiger partial charge >= 0.3 is 0 Å². The highest BCUT2D eigenvalue weighted by Gasteiger charge is 2.30. The van der Waals surface area contributed by atoms with E-state index in [1.807, 2.05) is 6.92 Å². The summed E-state index contributed by atoms with van der Waals surface area (Å²) in [5, 5.41) is 0. The number of hydrogen-bond acceptors (Lipinski definition) is 2. The van der Waals surface area contributed by atoms with Gasteiger partial charge in [0.05, 0.1) is 6.54 Å². The summed E-state index contributed by atoms with van der Waals surface area (Å²) in [5.41, 5.74) is 0. The maximum Gasteiger partial charge on any atom is 0.149 e. The molecule has 0 spiro atoms. The minimum absolute atomic E-state index is 0.272. The van der Waals surface area contributed by atoms with Crippen LogP contribution in [0, 0.1) is 11.8 Å². The van der Waals surface area contributed by atoms with Crippen molar-refractivity contribution in [2.24, 2.45) is 11.8 Å². The van der Waals surface area contributed by atoms with Crippen LogP contribution in [0.5, 0.6) is 0 Å². The van der Waals surface area contributed by atoms with E-state index in [-0.39, 0.29) is 5.92 Å². The molecule has 1 aliphatic heterocycles. The Labute approximate surface area is 74.9 Å². The lowest BCUT2D eigenvalue weighted by Gasteiger charge is -2.37. The van der Waals surface area contributed by atoms with E-state index in [1.165, 1.54) is 0 Å². The Hall–Kier alpha value is -0.370. The number of likely N-dealkylation sites (tertiary alicyclic amines) is 1. The second-order valence-corrected chi connectivity index (χ2v) is 4.33. The van der Waals surface area contributed by atoms with Crippen molar-refractivity contribution < 1.29 is 4.79 Å². The van der Waals surface area contributed by atoms with E-state index in [0.717, 1.165) is 6.42 Å². The molecule has 0 aromatic heterocycles. The first-order chi connectivity index (χ1) is 5.52. The van der Waals surface area contributed by atoms with Crippen LogP contribution >= 0.6 is 0 Å². The number of ketones is 1. The van der Waals surface area contributed by atoms with Crippen LogP contribution in [0.25, 0.3) is 0 Å². The van der Waals surface area contributed by atoms with Gasteiger partial charge in [0.25, 0.3) is 0 Å². The molecule has 12 heavy (non-hydrogen) atoms. The van der Waals surface area contributed by atoms with E-state index in [2.05, 4.69) is 25.8 Å². The molecule has 70 valence electrons. The lowest BCUT2D eigenvalue weighted by Crippen LogP contribution is -2.47. The van der Waals surface area contributed by atoms with Crippen LogP contribution in [-0.2, 0) is 4.79 Å². The van der Waals surface area contributed by atoms with E-state index in [1.54, 1.807) is 0 Å². The van der Waals surface area contributed by atoms with Crippen molar-refractivity contribution in [3.8, 4) is 0 Å². The topological polar surface area (TPSA) is 20.3 Å². The third kappa shape index (κ3) is 1.86. The number of likely N-dealkylation sites (N-methyl/N-ethyl adjacent to an activating group) is 1. The highest BCUT2D eigenvalue weighted by atomic mass is 16.1. The molecule has 2 nitrogen and oxygen atoms in total. The summed E-state index contributed by atoms with van der Waals surface area (Å²) in [5.74, 6) is 1.33. The van der Waals surface area contributed by atoms with Crippen LogP contribution in [0.3, 0.4) is 0 Å². The van der Waals surface area contributed by atoms with Gasteiger partial charge in [-0.2, -0.15) is 0 Å². The summed E-state index contributed by atoms with van der Waals surface area (Å²) in [4.78, 5) is 13.5. The Kier molecular flexibility index (Phi) is 2.89. The van der Waals surface area contributed by atoms with E-state index >= 15 is 0 Å². The number of carbonyl (C=O) groups excluding carboxylic acids is 1. The van der Waals surface area contributed by atoms with Gasteiger partial charge in [-0.1, -0.05) is 20.8 Å². The molecule has 2 atom stereocenters. The molecular formula is C10H19NO. The summed E-state index contributed by atoms with van der Waals surface area (Å²) < 4.78 is 0. The van der Waals surface area contributed by atoms with Crippen molar-refractivity contribution in [2.75, 3.05) is 13.6 Å². The standard InChI is InChI=1S/C10H19NO/c1-7(2)9-5-8(3)10(12)6-11(9)4/h7-9H,5-6H2,1-4H3. The number of rotatable bonds is 1. The fourth-order valence-corrected chi connectivity index (χ4v) is 1.97. The average molecular weight is 169 g/mol. The van der Waals surface area contributed by atoms with Gasteiger partial charge in [0.15, 0.2) is 0 Å². The molecule has 0 aliphatic carbocycles. The third-order valence-electron chi connectivity index (χ3n) is 2.89. The first kappa shape index (κ1) is 9.72. The summed E-state index contributed by atoms with van der Waals surface area (Å²) in [6.45, 7) is 7.14. The summed E-state index contributed by atoms with van der Waals surface area (Å²) in [6, 6.07) is 0.595. The average Bonchev–Trinajstić information content (AvgIpc) is 1.96. The molecule has 0 saturated carbocycles. The minimum atomic E-state index is 0.272. The van der Waals surface area contributed by atoms with Crippen LogP contribution in [0.1, 0.15) is 27.2 Å². The van der Waals surface area contributed by atoms with Gasteiger partial charge in [-0.3, -0.25) is 9.69 Å². The molecule has 1 saturated heterocycles. The molecule has 0 amide bonds. The molecular weight excluding hydrogens is 150 g/mol. The molecule has 1 heterocycles. The predicted molar refractivity (Wildman–Crippen MR) is 50.0 cm³/mol. The zero-order valence-electron chi connectivity index (χ0n) is 8.50. The first-order valence-corrected chi connectivity index (χ1v) is 4.75. The summed E-state index contributed by atoms with van der Waals surface area (Å²) in [6.07, 6.45) is 1.03. The van der Waals surface area contributed by atoms with Gasteiger partial charge in [-0.25, -0.2) is 0 Å². The smallest absolute Gasteiger partial charge is 0.149 e. The number of carbonyl (C=O) groups is 1. The second kappa shape index (κ2) is 3.56. The molecule has 0 aromatic carbocycles. The Bertz CT molecular complexity index is 177. The van der Waals surface area contributed by atoms with Gasteiger partial charge in [0.2, 0.25) is 0 Å². The number of Topliss-reactive ketones (excluding diaryl/α,β-unsaturated/α-hetero) is 1. The van der Waals surface area contributed by atoms with Crippen LogP contribution in [0.4, 0.5) is 0 Å². The van der Waals surface area contributed by atoms with E-state index in [0.29, 0.717) is 24.3 Å². The normalized spacial score (nSPS) is 32.9. The Morgan fingerprint density at radius 3 is 2.58 bits per heavy atom. The number of hydrogen-bond donors (Lipinski definition) is 0. The number of piperidine rings is 1. The molecule has 0 radical (unpaired) electrons. The van der Waals surface area contributed by atoms with E-state index < -0.39 is 0 Å². The lowest BCUT2D eigenvalue weighted by molar-refractivity contribution is -0.127. The minimum Gasteiger partial charge on any atom is -0.298 e. The molecule has 0 bridgehead atoms. The Balaban J connectivity index is 2.61. The molecule has 1 aliphatic rings. The van der Waals surface area contributed by atoms with Crippen LogP contribution in [0.15, 0.2) is 0 Å². The Morgan fingerprint density at radius 2 is 2.08 bits per heavy atom. The van der Waals surface area contributed by atoms with Crippen LogP contribution in [-0.4, -0.2) is 30.3 Å². The molecule has 1 fully saturated rings. The lowest BCUT2D eigenvalue weighted by atomic mass is 9.86. The zero-order valence-corrected chi connectivity index (χ0v) is 8.50. The molecule has 1 rings (SSSR count). The molecule has 2 heteroatoms. The van der Waals surface area contributed by atoms with Gasteiger partial charge in [0.1, 0.15) is 5.78 Å². The van der Waals surface area contributed by atoms with Gasteiger partial charge < -0.3 is 0 Å². The van der Waals surface area contributed by atoms with Gasteiger partial charge in [0, 0.05) is 12.0 Å². The van der Waals surface area contributed by atoms with Crippen molar-refractivity contribution in [2.45, 2.75) is 33.2 Å². The fraction of sp³-hybridized carbons (Fsp3) is 0.900. The maximum absolute atomic E-state index is 11.3. The fourth-order valence-electron chi connectivity index (χ4n) is 1.97. The predicted octanol–water partition coefficient (Wildman–Crippen LogP) is 1.55. The summed E-state index contributed by atoms with van der Waals surface area (Å²) >= 11 is 0. The molecule has 0 aromatic rings. The first-order valence-electron chi connectivity index (χ1n) is 4.75. The number of nitrogens with zero attached hydrogens (tertiary/aromatic N) is 1. The zero-order chi connectivity index (χ0) is 9.30. The van der Waals surface area contributed by atoms with Crippen molar-refractivity contribution in [1.82, 2.24) is 4.90 Å². The summed E-state index contributed by atoms with van der Waals surface area (Å²) in [7, 11) is 2.05. The van der Waals surface area contributed by atoms with Crippen molar-refractivity contribution in [1.29, 1.82) is 0 Å². The third-order valence-corrected chi connectivity index (χ3v) is 2.89. The van der Waals surface area contributed by atoms with Crippen molar-refractivity contribution in [3.05, 3.63) is 0 Å². The Morgan fingerprint density at radius 1 is 1.50 bits per heavy atom. The maximum atomic E-state index is 11.3. The van der Waals surface area contributed by atoms with Crippen molar-refractivity contribution >= 4 is 5.78 Å². The van der Waals surface area contributed by atoms with Crippen LogP contribution < -0.4 is 0 Å². The van der Waals surface area contributed by atoms with Gasteiger partial charge in [-0.05, 0) is 19.4 Å². The highest BCUT2D eigenvalue weighted by molar-refractivity contribution is 5.83. The second-order valence-electron chi connectivity index (χ2n) is 4.33. The monoisotopic (exact) mass is 169 g/mol. The van der Waals surface area contributed by atoms with Crippen molar-refractivity contribution in [3.63, 3.8) is 0 Å². The molecule has 0 N–H and O–H groups in total. The largest absolute Gasteiger partial charge is 0.298 e. The molecule has 2 unspecified atom stereocenters.